The molecule has 0 aromatic rings. The highest BCUT2D eigenvalue weighted by molar-refractivity contribution is 4.56. The lowest BCUT2D eigenvalue weighted by Crippen LogP contribution is -2.21. The minimum absolute atomic E-state index is 0.755. The molecule has 0 saturated heterocycles. The Bertz CT molecular complexity index is 159. The normalized spacial score (nSPS) is 13.2. The van der Waals surface area contributed by atoms with Crippen LogP contribution in [-0.2, 0) is 4.74 Å². The summed E-state index contributed by atoms with van der Waals surface area (Å²) in [4.78, 5) is 0. The first kappa shape index (κ1) is 17.9. The Kier molecular flexibility index (Phi) is 13.3. The Balaban J connectivity index is 3.22. The van der Waals surface area contributed by atoms with Crippen LogP contribution in [0.5, 0.6) is 0 Å². The molecule has 0 saturated carbocycles. The average Bonchev–Trinajstić information content (AvgIpc) is 2.35. The van der Waals surface area contributed by atoms with Crippen molar-refractivity contribution >= 4 is 0 Å². The van der Waals surface area contributed by atoms with Crippen molar-refractivity contribution in [2.75, 3.05) is 26.3 Å². The number of ether oxygens (including phenoxy) is 1. The quantitative estimate of drug-likeness (QED) is 0.498. The van der Waals surface area contributed by atoms with Gasteiger partial charge in [0.05, 0.1) is 0 Å². The van der Waals surface area contributed by atoms with E-state index in [0.29, 0.717) is 0 Å². The molecule has 0 heterocycles. The highest BCUT2D eigenvalue weighted by Gasteiger charge is 2.05. The van der Waals surface area contributed by atoms with Crippen molar-refractivity contribution in [3.05, 3.63) is 0 Å². The number of hydrogen-bond donors (Lipinski definition) is 1. The minimum Gasteiger partial charge on any atom is -0.381 e. The summed E-state index contributed by atoms with van der Waals surface area (Å²) in [5.41, 5.74) is 0. The maximum absolute atomic E-state index is 5.78. The number of hydrogen-bond acceptors (Lipinski definition) is 2. The van der Waals surface area contributed by atoms with E-state index in [0.717, 1.165) is 38.1 Å². The third-order valence-electron chi connectivity index (χ3n) is 3.34. The molecule has 110 valence electrons. The molecule has 18 heavy (non-hydrogen) atoms. The van der Waals surface area contributed by atoms with Crippen molar-refractivity contribution in [3.63, 3.8) is 0 Å². The lowest BCUT2D eigenvalue weighted by Gasteiger charge is -2.14. The van der Waals surface area contributed by atoms with Crippen LogP contribution < -0.4 is 5.32 Å². The molecular formula is C16H35NO. The molecule has 0 rings (SSSR count). The summed E-state index contributed by atoms with van der Waals surface area (Å²) in [7, 11) is 0. The van der Waals surface area contributed by atoms with Crippen LogP contribution in [0.15, 0.2) is 0 Å². The lowest BCUT2D eigenvalue weighted by molar-refractivity contribution is 0.0911. The van der Waals surface area contributed by atoms with Gasteiger partial charge in [-0.25, -0.2) is 0 Å². The number of nitrogens with one attached hydrogen (secondary N) is 1. The van der Waals surface area contributed by atoms with E-state index in [2.05, 4.69) is 33.0 Å². The molecule has 0 aromatic heterocycles. The van der Waals surface area contributed by atoms with Gasteiger partial charge in [0.2, 0.25) is 0 Å². The van der Waals surface area contributed by atoms with Crippen molar-refractivity contribution < 1.29 is 4.74 Å². The highest BCUT2D eigenvalue weighted by Crippen LogP contribution is 2.12. The number of unbranched alkanes of at least 4 members (excludes halogenated alkanes) is 2. The Morgan fingerprint density at radius 1 is 1.06 bits per heavy atom. The van der Waals surface area contributed by atoms with E-state index in [-0.39, 0.29) is 0 Å². The second kappa shape index (κ2) is 13.4. The fourth-order valence-electron chi connectivity index (χ4n) is 1.99. The first-order valence-corrected chi connectivity index (χ1v) is 7.99. The van der Waals surface area contributed by atoms with Crippen LogP contribution in [0.3, 0.4) is 0 Å². The zero-order valence-electron chi connectivity index (χ0n) is 13.1. The van der Waals surface area contributed by atoms with Crippen LogP contribution in [0.25, 0.3) is 0 Å². The van der Waals surface area contributed by atoms with Crippen LogP contribution in [0.2, 0.25) is 0 Å². The van der Waals surface area contributed by atoms with Gasteiger partial charge in [-0.15, -0.1) is 0 Å². The standard InChI is InChI=1S/C16H35NO/c1-5-7-10-16(6-2)14-18-12-9-8-11-17-13-15(3)4/h15-17H,5-14H2,1-4H3. The van der Waals surface area contributed by atoms with Gasteiger partial charge in [0.25, 0.3) is 0 Å². The molecule has 1 N–H and O–H groups in total. The second-order valence-corrected chi connectivity index (χ2v) is 5.80. The zero-order valence-corrected chi connectivity index (χ0v) is 13.1. The fourth-order valence-corrected chi connectivity index (χ4v) is 1.99. The molecule has 2 nitrogen and oxygen atoms in total. The topological polar surface area (TPSA) is 21.3 Å². The third-order valence-corrected chi connectivity index (χ3v) is 3.34. The molecular weight excluding hydrogens is 222 g/mol. The molecule has 0 aliphatic rings. The Hall–Kier alpha value is -0.0800. The Labute approximate surface area is 115 Å². The Morgan fingerprint density at radius 3 is 2.44 bits per heavy atom. The van der Waals surface area contributed by atoms with E-state index < -0.39 is 0 Å². The van der Waals surface area contributed by atoms with Crippen LogP contribution >= 0.6 is 0 Å². The third kappa shape index (κ3) is 12.4. The summed E-state index contributed by atoms with van der Waals surface area (Å²) in [6.07, 6.45) is 7.67. The maximum Gasteiger partial charge on any atom is 0.0494 e. The van der Waals surface area contributed by atoms with Crippen molar-refractivity contribution in [1.29, 1.82) is 0 Å². The summed E-state index contributed by atoms with van der Waals surface area (Å²) in [5, 5.41) is 3.47. The fraction of sp³-hybridized carbons (Fsp3) is 1.00. The van der Waals surface area contributed by atoms with Gasteiger partial charge in [0, 0.05) is 13.2 Å². The molecule has 0 aliphatic carbocycles. The predicted molar refractivity (Wildman–Crippen MR) is 81.1 cm³/mol. The van der Waals surface area contributed by atoms with Gasteiger partial charge in [-0.05, 0) is 44.2 Å². The summed E-state index contributed by atoms with van der Waals surface area (Å²) in [6, 6.07) is 0. The van der Waals surface area contributed by atoms with Crippen LogP contribution in [0.4, 0.5) is 0 Å². The summed E-state index contributed by atoms with van der Waals surface area (Å²) in [6.45, 7) is 13.2. The van der Waals surface area contributed by atoms with E-state index in [1.54, 1.807) is 0 Å². The van der Waals surface area contributed by atoms with E-state index in [4.69, 9.17) is 4.74 Å². The summed E-state index contributed by atoms with van der Waals surface area (Å²) >= 11 is 0. The van der Waals surface area contributed by atoms with Gasteiger partial charge in [0.15, 0.2) is 0 Å². The molecule has 0 bridgehead atoms. The maximum atomic E-state index is 5.78. The molecule has 0 radical (unpaired) electrons. The Morgan fingerprint density at radius 2 is 1.83 bits per heavy atom. The zero-order chi connectivity index (χ0) is 13.6. The van der Waals surface area contributed by atoms with Crippen molar-refractivity contribution in [3.8, 4) is 0 Å². The first-order chi connectivity index (χ1) is 8.70. The van der Waals surface area contributed by atoms with E-state index >= 15 is 0 Å². The van der Waals surface area contributed by atoms with Gasteiger partial charge in [-0.2, -0.15) is 0 Å². The largest absolute Gasteiger partial charge is 0.381 e. The predicted octanol–water partition coefficient (Wildman–Crippen LogP) is 4.25. The monoisotopic (exact) mass is 257 g/mol. The second-order valence-electron chi connectivity index (χ2n) is 5.80. The van der Waals surface area contributed by atoms with Crippen LogP contribution in [0, 0.1) is 11.8 Å². The molecule has 0 fully saturated rings. The van der Waals surface area contributed by atoms with Crippen LogP contribution in [-0.4, -0.2) is 26.3 Å². The van der Waals surface area contributed by atoms with E-state index in [1.807, 2.05) is 0 Å². The van der Waals surface area contributed by atoms with Gasteiger partial charge in [0.1, 0.15) is 0 Å². The van der Waals surface area contributed by atoms with Crippen LogP contribution in [0.1, 0.15) is 66.2 Å². The van der Waals surface area contributed by atoms with Gasteiger partial charge in [-0.1, -0.05) is 47.0 Å². The van der Waals surface area contributed by atoms with Crippen molar-refractivity contribution in [2.45, 2.75) is 66.2 Å². The SMILES string of the molecule is CCCCC(CC)COCCCCNCC(C)C. The molecule has 0 aromatic carbocycles. The van der Waals surface area contributed by atoms with Gasteiger partial charge >= 0.3 is 0 Å². The van der Waals surface area contributed by atoms with Crippen molar-refractivity contribution in [1.82, 2.24) is 5.32 Å². The summed E-state index contributed by atoms with van der Waals surface area (Å²) in [5.74, 6) is 1.54. The van der Waals surface area contributed by atoms with Crippen molar-refractivity contribution in [2.24, 2.45) is 11.8 Å². The van der Waals surface area contributed by atoms with E-state index in [9.17, 15) is 0 Å². The van der Waals surface area contributed by atoms with Gasteiger partial charge < -0.3 is 10.1 Å². The molecule has 0 spiro atoms. The molecule has 0 amide bonds. The first-order valence-electron chi connectivity index (χ1n) is 7.99. The van der Waals surface area contributed by atoms with E-state index in [1.165, 1.54) is 38.5 Å². The smallest absolute Gasteiger partial charge is 0.0494 e. The molecule has 0 aliphatic heterocycles. The lowest BCUT2D eigenvalue weighted by atomic mass is 10.0. The number of rotatable bonds is 13. The molecule has 1 atom stereocenters. The molecule has 2 heteroatoms. The summed E-state index contributed by atoms with van der Waals surface area (Å²) < 4.78 is 5.78. The highest BCUT2D eigenvalue weighted by atomic mass is 16.5. The average molecular weight is 257 g/mol. The molecule has 1 unspecified atom stereocenters. The van der Waals surface area contributed by atoms with Gasteiger partial charge in [-0.3, -0.25) is 0 Å². The minimum atomic E-state index is 0.755.